The molecule has 5 nitrogen and oxygen atoms in total. The van der Waals surface area contributed by atoms with E-state index in [4.69, 9.17) is 9.47 Å². The van der Waals surface area contributed by atoms with Crippen LogP contribution in [0.2, 0.25) is 0 Å². The molecule has 0 spiro atoms. The minimum Gasteiger partial charge on any atom is -0.493 e. The number of fused-ring (bicyclic) bond motifs is 1. The van der Waals surface area contributed by atoms with Gasteiger partial charge >= 0.3 is 0 Å². The highest BCUT2D eigenvalue weighted by Gasteiger charge is 2.23. The number of nitrogens with one attached hydrogen (secondary N) is 1. The van der Waals surface area contributed by atoms with E-state index in [-0.39, 0.29) is 5.91 Å². The Hall–Kier alpha value is -2.17. The van der Waals surface area contributed by atoms with Gasteiger partial charge in [0.1, 0.15) is 0 Å². The lowest BCUT2D eigenvalue weighted by atomic mass is 9.95. The summed E-state index contributed by atoms with van der Waals surface area (Å²) < 4.78 is 10.6. The van der Waals surface area contributed by atoms with Crippen molar-refractivity contribution in [1.29, 1.82) is 0 Å². The Morgan fingerprint density at radius 2 is 1.84 bits per heavy atom. The standard InChI is InChI=1S/C14H18N2O3/c1-16(2)8-11-10-6-13(19-4)12(18-3)5-9(10)7-15-14(11)17/h5-6,8H,7H2,1-4H3,(H,15,17)/b11-8-. The fourth-order valence-corrected chi connectivity index (χ4v) is 2.10. The van der Waals surface area contributed by atoms with E-state index in [0.29, 0.717) is 23.6 Å². The van der Waals surface area contributed by atoms with Crippen LogP contribution in [-0.4, -0.2) is 39.1 Å². The normalized spacial score (nSPS) is 15.8. The molecule has 0 radical (unpaired) electrons. The van der Waals surface area contributed by atoms with E-state index in [1.165, 1.54) is 0 Å². The van der Waals surface area contributed by atoms with Crippen LogP contribution in [0, 0.1) is 0 Å². The molecule has 1 N–H and O–H groups in total. The highest BCUT2D eigenvalue weighted by atomic mass is 16.5. The Labute approximate surface area is 112 Å². The quantitative estimate of drug-likeness (QED) is 0.833. The Bertz CT molecular complexity index is 536. The first-order chi connectivity index (χ1) is 9.06. The second-order valence-electron chi connectivity index (χ2n) is 4.55. The van der Waals surface area contributed by atoms with Crippen LogP contribution in [0.25, 0.3) is 5.57 Å². The molecule has 5 heteroatoms. The summed E-state index contributed by atoms with van der Waals surface area (Å²) in [7, 11) is 6.95. The van der Waals surface area contributed by atoms with Crippen LogP contribution >= 0.6 is 0 Å². The number of ether oxygens (including phenoxy) is 2. The molecule has 102 valence electrons. The first-order valence-electron chi connectivity index (χ1n) is 5.98. The molecule has 0 unspecified atom stereocenters. The number of carbonyl (C=O) groups is 1. The fraction of sp³-hybridized carbons (Fsp3) is 0.357. The highest BCUT2D eigenvalue weighted by Crippen LogP contribution is 2.35. The smallest absolute Gasteiger partial charge is 0.253 e. The summed E-state index contributed by atoms with van der Waals surface area (Å²) in [5, 5.41) is 2.85. The summed E-state index contributed by atoms with van der Waals surface area (Å²) in [6, 6.07) is 3.75. The Morgan fingerprint density at radius 1 is 1.21 bits per heavy atom. The van der Waals surface area contributed by atoms with E-state index in [9.17, 15) is 4.79 Å². The number of rotatable bonds is 3. The summed E-state index contributed by atoms with van der Waals surface area (Å²) >= 11 is 0. The summed E-state index contributed by atoms with van der Waals surface area (Å²) in [6.07, 6.45) is 1.80. The highest BCUT2D eigenvalue weighted by molar-refractivity contribution is 6.21. The maximum absolute atomic E-state index is 12.0. The molecule has 1 heterocycles. The van der Waals surface area contributed by atoms with Crippen molar-refractivity contribution in [3.05, 3.63) is 29.5 Å². The first-order valence-corrected chi connectivity index (χ1v) is 5.98. The molecule has 0 bridgehead atoms. The lowest BCUT2D eigenvalue weighted by molar-refractivity contribution is -0.116. The second-order valence-corrected chi connectivity index (χ2v) is 4.55. The molecular formula is C14H18N2O3. The lowest BCUT2D eigenvalue weighted by Crippen LogP contribution is -2.30. The van der Waals surface area contributed by atoms with E-state index in [1.807, 2.05) is 31.1 Å². The summed E-state index contributed by atoms with van der Waals surface area (Å²) in [6.45, 7) is 0.499. The van der Waals surface area contributed by atoms with E-state index in [0.717, 1.165) is 11.1 Å². The summed E-state index contributed by atoms with van der Waals surface area (Å²) in [5.74, 6) is 1.22. The van der Waals surface area contributed by atoms with Crippen LogP contribution in [-0.2, 0) is 11.3 Å². The van der Waals surface area contributed by atoms with E-state index in [1.54, 1.807) is 20.4 Å². The molecule has 1 aliphatic heterocycles. The van der Waals surface area contributed by atoms with Gasteiger partial charge in [-0.15, -0.1) is 0 Å². The monoisotopic (exact) mass is 262 g/mol. The number of hydrogen-bond acceptors (Lipinski definition) is 4. The third kappa shape index (κ3) is 2.50. The molecule has 19 heavy (non-hydrogen) atoms. The predicted molar refractivity (Wildman–Crippen MR) is 73.1 cm³/mol. The van der Waals surface area contributed by atoms with Gasteiger partial charge in [-0.2, -0.15) is 0 Å². The average molecular weight is 262 g/mol. The van der Waals surface area contributed by atoms with Gasteiger partial charge < -0.3 is 19.7 Å². The molecule has 0 fully saturated rings. The zero-order chi connectivity index (χ0) is 14.0. The van der Waals surface area contributed by atoms with Crippen LogP contribution in [0.5, 0.6) is 11.5 Å². The molecule has 1 amide bonds. The van der Waals surface area contributed by atoms with Gasteiger partial charge in [-0.3, -0.25) is 4.79 Å². The Kier molecular flexibility index (Phi) is 3.64. The minimum absolute atomic E-state index is 0.0755. The zero-order valence-electron chi connectivity index (χ0n) is 11.6. The van der Waals surface area contributed by atoms with Crippen LogP contribution in [0.1, 0.15) is 11.1 Å². The summed E-state index contributed by atoms with van der Waals surface area (Å²) in [5.41, 5.74) is 2.53. The second kappa shape index (κ2) is 5.22. The number of methoxy groups -OCH3 is 2. The van der Waals surface area contributed by atoms with Crippen LogP contribution < -0.4 is 14.8 Å². The van der Waals surface area contributed by atoms with E-state index in [2.05, 4.69) is 5.32 Å². The topological polar surface area (TPSA) is 50.8 Å². The number of amides is 1. The minimum atomic E-state index is -0.0755. The lowest BCUT2D eigenvalue weighted by Gasteiger charge is -2.22. The maximum Gasteiger partial charge on any atom is 0.253 e. The molecule has 2 rings (SSSR count). The largest absolute Gasteiger partial charge is 0.493 e. The predicted octanol–water partition coefficient (Wildman–Crippen LogP) is 1.24. The number of hydrogen-bond donors (Lipinski definition) is 1. The number of benzene rings is 1. The van der Waals surface area contributed by atoms with Gasteiger partial charge in [0.15, 0.2) is 11.5 Å². The summed E-state index contributed by atoms with van der Waals surface area (Å²) in [4.78, 5) is 13.8. The zero-order valence-corrected chi connectivity index (χ0v) is 11.6. The van der Waals surface area contributed by atoms with Crippen molar-refractivity contribution >= 4 is 11.5 Å². The van der Waals surface area contributed by atoms with Crippen LogP contribution in [0.3, 0.4) is 0 Å². The van der Waals surface area contributed by atoms with Crippen LogP contribution in [0.15, 0.2) is 18.3 Å². The van der Waals surface area contributed by atoms with Gasteiger partial charge in [0.05, 0.1) is 19.8 Å². The molecule has 1 aliphatic rings. The molecule has 0 atom stereocenters. The van der Waals surface area contributed by atoms with Crippen molar-refractivity contribution in [3.63, 3.8) is 0 Å². The molecule has 1 aromatic rings. The van der Waals surface area contributed by atoms with Crippen molar-refractivity contribution in [2.45, 2.75) is 6.54 Å². The van der Waals surface area contributed by atoms with Gasteiger partial charge in [-0.25, -0.2) is 0 Å². The molecule has 1 aromatic carbocycles. The Morgan fingerprint density at radius 3 is 2.42 bits per heavy atom. The van der Waals surface area contributed by atoms with Crippen molar-refractivity contribution in [1.82, 2.24) is 10.2 Å². The SMILES string of the molecule is COc1cc2c(cc1OC)/C(=C/N(C)C)C(=O)NC2. The Balaban J connectivity index is 2.58. The van der Waals surface area contributed by atoms with Crippen molar-refractivity contribution in [3.8, 4) is 11.5 Å². The molecule has 0 saturated heterocycles. The number of nitrogens with zero attached hydrogens (tertiary/aromatic N) is 1. The van der Waals surface area contributed by atoms with Gasteiger partial charge in [-0.1, -0.05) is 0 Å². The third-order valence-corrected chi connectivity index (χ3v) is 2.97. The van der Waals surface area contributed by atoms with Crippen LogP contribution in [0.4, 0.5) is 0 Å². The van der Waals surface area contributed by atoms with E-state index < -0.39 is 0 Å². The van der Waals surface area contributed by atoms with Gasteiger partial charge in [-0.05, 0) is 23.3 Å². The van der Waals surface area contributed by atoms with Gasteiger partial charge in [0, 0.05) is 26.8 Å². The van der Waals surface area contributed by atoms with Crippen molar-refractivity contribution in [2.75, 3.05) is 28.3 Å². The average Bonchev–Trinajstić information content (AvgIpc) is 2.40. The van der Waals surface area contributed by atoms with Gasteiger partial charge in [0.2, 0.25) is 0 Å². The van der Waals surface area contributed by atoms with Crippen molar-refractivity contribution < 1.29 is 14.3 Å². The van der Waals surface area contributed by atoms with Gasteiger partial charge in [0.25, 0.3) is 5.91 Å². The molecule has 0 aliphatic carbocycles. The molecule has 0 saturated carbocycles. The fourth-order valence-electron chi connectivity index (χ4n) is 2.10. The first kappa shape index (κ1) is 13.3. The van der Waals surface area contributed by atoms with Crippen molar-refractivity contribution in [2.24, 2.45) is 0 Å². The van der Waals surface area contributed by atoms with E-state index >= 15 is 0 Å². The maximum atomic E-state index is 12.0. The molecular weight excluding hydrogens is 244 g/mol. The third-order valence-electron chi connectivity index (χ3n) is 2.97. The number of carbonyl (C=O) groups excluding carboxylic acids is 1. The molecule has 0 aromatic heterocycles.